The number of hydrogen-bond acceptors (Lipinski definition) is 3. The van der Waals surface area contributed by atoms with Gasteiger partial charge in [-0.1, -0.05) is 53.0 Å². The minimum Gasteiger partial charge on any atom is -0.333 e. The molecule has 4 aromatic rings. The molecule has 0 unspecified atom stereocenters. The van der Waals surface area contributed by atoms with Crippen molar-refractivity contribution in [1.29, 1.82) is 0 Å². The fraction of sp³-hybridized carbons (Fsp3) is 0.185. The third-order valence-electron chi connectivity index (χ3n) is 6.25. The fourth-order valence-electron chi connectivity index (χ4n) is 4.55. The van der Waals surface area contributed by atoms with Crippen LogP contribution in [0.25, 0.3) is 17.0 Å². The third kappa shape index (κ3) is 5.27. The van der Waals surface area contributed by atoms with Crippen LogP contribution in [0.4, 0.5) is 9.18 Å². The zero-order valence-electron chi connectivity index (χ0n) is 19.1. The summed E-state index contributed by atoms with van der Waals surface area (Å²) in [6, 6.07) is 13.3. The molecule has 0 saturated heterocycles. The average Bonchev–Trinajstić information content (AvgIpc) is 3.17. The van der Waals surface area contributed by atoms with Crippen LogP contribution in [0.3, 0.4) is 0 Å². The molecule has 1 N–H and O–H groups in total. The quantitative estimate of drug-likeness (QED) is 0.277. The van der Waals surface area contributed by atoms with E-state index in [0.717, 1.165) is 39.8 Å². The summed E-state index contributed by atoms with van der Waals surface area (Å²) in [7, 11) is 0. The number of nitrogens with one attached hydrogen (secondary N) is 1. The minimum absolute atomic E-state index is 0.198. The lowest BCUT2D eigenvalue weighted by molar-refractivity contribution is 0.240. The van der Waals surface area contributed by atoms with Gasteiger partial charge in [-0.15, -0.1) is 0 Å². The number of benzene rings is 2. The number of carbonyl (C=O) groups excluding carboxylic acids is 1. The van der Waals surface area contributed by atoms with E-state index >= 15 is 0 Å². The normalized spacial score (nSPS) is 13.9. The molecule has 5 nitrogen and oxygen atoms in total. The highest BCUT2D eigenvalue weighted by Gasteiger charge is 2.26. The maximum absolute atomic E-state index is 13.3. The highest BCUT2D eigenvalue weighted by atomic mass is 35.5. The SMILES string of the molecule is O=C(NCc1ccnc(Cl)c1)n1c2c(c3cc(Cl)ccc31)CN(CC=Cc1ccc(F)cc1Cl)CC2. The molecule has 9 heteroatoms. The molecule has 3 heterocycles. The molecule has 0 radical (unpaired) electrons. The first-order chi connectivity index (χ1) is 17.4. The first-order valence-electron chi connectivity index (χ1n) is 11.4. The van der Waals surface area contributed by atoms with Crippen LogP contribution >= 0.6 is 34.8 Å². The number of pyridine rings is 1. The van der Waals surface area contributed by atoms with Gasteiger partial charge in [0.25, 0.3) is 0 Å². The van der Waals surface area contributed by atoms with Gasteiger partial charge >= 0.3 is 6.03 Å². The van der Waals surface area contributed by atoms with Crippen LogP contribution in [0.15, 0.2) is 60.8 Å². The highest BCUT2D eigenvalue weighted by molar-refractivity contribution is 6.32. The summed E-state index contributed by atoms with van der Waals surface area (Å²) in [4.78, 5) is 19.6. The molecular formula is C27H22Cl3FN4O. The molecule has 0 atom stereocenters. The summed E-state index contributed by atoms with van der Waals surface area (Å²) >= 11 is 18.4. The molecule has 5 rings (SSSR count). The van der Waals surface area contributed by atoms with Crippen LogP contribution in [0.2, 0.25) is 15.2 Å². The number of carbonyl (C=O) groups is 1. The van der Waals surface area contributed by atoms with Crippen molar-refractivity contribution in [1.82, 2.24) is 19.8 Å². The van der Waals surface area contributed by atoms with Crippen molar-refractivity contribution in [2.24, 2.45) is 0 Å². The Kier molecular flexibility index (Phi) is 7.30. The topological polar surface area (TPSA) is 50.2 Å². The first-order valence-corrected chi connectivity index (χ1v) is 12.6. The van der Waals surface area contributed by atoms with Gasteiger partial charge in [0.05, 0.1) is 10.5 Å². The van der Waals surface area contributed by atoms with E-state index in [0.29, 0.717) is 41.3 Å². The van der Waals surface area contributed by atoms with Gasteiger partial charge in [0.1, 0.15) is 11.0 Å². The van der Waals surface area contributed by atoms with E-state index in [1.165, 1.54) is 12.1 Å². The molecule has 0 bridgehead atoms. The Morgan fingerprint density at radius 1 is 1.11 bits per heavy atom. The third-order valence-corrected chi connectivity index (χ3v) is 7.02. The molecule has 0 aliphatic carbocycles. The Morgan fingerprint density at radius 2 is 1.97 bits per heavy atom. The van der Waals surface area contributed by atoms with Crippen LogP contribution < -0.4 is 5.32 Å². The molecule has 1 aliphatic rings. The largest absolute Gasteiger partial charge is 0.333 e. The van der Waals surface area contributed by atoms with E-state index in [4.69, 9.17) is 34.8 Å². The van der Waals surface area contributed by atoms with E-state index in [1.807, 2.05) is 30.4 Å². The molecule has 0 fully saturated rings. The molecule has 1 amide bonds. The summed E-state index contributed by atoms with van der Waals surface area (Å²) in [5, 5.41) is 5.35. The molecule has 0 spiro atoms. The highest BCUT2D eigenvalue weighted by Crippen LogP contribution is 2.33. The zero-order valence-corrected chi connectivity index (χ0v) is 21.4. The number of nitrogens with zero attached hydrogens (tertiary/aromatic N) is 3. The van der Waals surface area contributed by atoms with Crippen molar-refractivity contribution < 1.29 is 9.18 Å². The Morgan fingerprint density at radius 3 is 2.78 bits per heavy atom. The van der Waals surface area contributed by atoms with Crippen molar-refractivity contribution >= 4 is 57.8 Å². The number of halogens is 4. The van der Waals surface area contributed by atoms with Gasteiger partial charge in [-0.2, -0.15) is 0 Å². The smallest absolute Gasteiger partial charge is 0.326 e. The molecule has 1 aliphatic heterocycles. The van der Waals surface area contributed by atoms with Crippen LogP contribution in [-0.4, -0.2) is 33.6 Å². The maximum Gasteiger partial charge on any atom is 0.326 e. The lowest BCUT2D eigenvalue weighted by Gasteiger charge is -2.27. The molecule has 36 heavy (non-hydrogen) atoms. The lowest BCUT2D eigenvalue weighted by Crippen LogP contribution is -2.34. The van der Waals surface area contributed by atoms with Gasteiger partial charge in [0.2, 0.25) is 0 Å². The number of aromatic nitrogens is 2. The second-order valence-corrected chi connectivity index (χ2v) is 9.85. The van der Waals surface area contributed by atoms with E-state index in [1.54, 1.807) is 29.0 Å². The number of fused-ring (bicyclic) bond motifs is 3. The Hall–Kier alpha value is -2.90. The van der Waals surface area contributed by atoms with Gasteiger partial charge in [0, 0.05) is 54.9 Å². The molecule has 2 aromatic heterocycles. The Labute approximate surface area is 223 Å². The van der Waals surface area contributed by atoms with E-state index < -0.39 is 0 Å². The van der Waals surface area contributed by atoms with Gasteiger partial charge in [-0.05, 0) is 59.2 Å². The van der Waals surface area contributed by atoms with Crippen molar-refractivity contribution in [3.05, 3.63) is 104 Å². The summed E-state index contributed by atoms with van der Waals surface area (Å²) in [5.41, 5.74) is 4.54. The van der Waals surface area contributed by atoms with Crippen LogP contribution in [0.5, 0.6) is 0 Å². The molecule has 184 valence electrons. The lowest BCUT2D eigenvalue weighted by atomic mass is 10.0. The van der Waals surface area contributed by atoms with E-state index in [9.17, 15) is 9.18 Å². The second kappa shape index (κ2) is 10.6. The Bertz CT molecular complexity index is 1480. The van der Waals surface area contributed by atoms with Gasteiger partial charge < -0.3 is 5.32 Å². The first kappa shape index (κ1) is 24.8. The number of amides is 1. The summed E-state index contributed by atoms with van der Waals surface area (Å²) in [6.45, 7) is 2.49. The standard InChI is InChI=1S/C27H22Cl3FN4O/c28-19-4-6-24-21(13-19)22-16-34(10-1-2-18-3-5-20(31)14-23(18)29)11-8-25(22)35(24)27(36)33-15-17-7-9-32-26(30)12-17/h1-7,9,12-14H,8,10-11,15-16H2,(H,33,36). The van der Waals surface area contributed by atoms with Crippen molar-refractivity contribution in [2.75, 3.05) is 13.1 Å². The van der Waals surface area contributed by atoms with Crippen LogP contribution in [-0.2, 0) is 19.5 Å². The Balaban J connectivity index is 1.37. The summed E-state index contributed by atoms with van der Waals surface area (Å²) in [5.74, 6) is -0.357. The fourth-order valence-corrected chi connectivity index (χ4v) is 5.15. The average molecular weight is 544 g/mol. The van der Waals surface area contributed by atoms with E-state index in [2.05, 4.69) is 15.2 Å². The second-order valence-electron chi connectivity index (χ2n) is 8.62. The molecule has 2 aromatic carbocycles. The number of rotatable bonds is 5. The van der Waals surface area contributed by atoms with Gasteiger partial charge in [-0.25, -0.2) is 14.2 Å². The molecular weight excluding hydrogens is 522 g/mol. The van der Waals surface area contributed by atoms with Gasteiger partial charge in [0.15, 0.2) is 0 Å². The number of hydrogen-bond donors (Lipinski definition) is 1. The summed E-state index contributed by atoms with van der Waals surface area (Å²) < 4.78 is 15.1. The van der Waals surface area contributed by atoms with Crippen LogP contribution in [0.1, 0.15) is 22.4 Å². The summed E-state index contributed by atoms with van der Waals surface area (Å²) in [6.07, 6.45) is 6.24. The van der Waals surface area contributed by atoms with Crippen molar-refractivity contribution in [3.63, 3.8) is 0 Å². The van der Waals surface area contributed by atoms with Crippen LogP contribution in [0, 0.1) is 5.82 Å². The van der Waals surface area contributed by atoms with Crippen molar-refractivity contribution in [3.8, 4) is 0 Å². The minimum atomic E-state index is -0.357. The zero-order chi connectivity index (χ0) is 25.2. The van der Waals surface area contributed by atoms with Crippen molar-refractivity contribution in [2.45, 2.75) is 19.5 Å². The van der Waals surface area contributed by atoms with Gasteiger partial charge in [-0.3, -0.25) is 9.47 Å². The van der Waals surface area contributed by atoms with E-state index in [-0.39, 0.29) is 11.8 Å². The predicted octanol–water partition coefficient (Wildman–Crippen LogP) is 6.97. The molecule has 0 saturated carbocycles. The maximum atomic E-state index is 13.3. The predicted molar refractivity (Wildman–Crippen MR) is 143 cm³/mol. The monoisotopic (exact) mass is 542 g/mol.